The second-order valence-corrected chi connectivity index (χ2v) is 6.52. The lowest BCUT2D eigenvalue weighted by atomic mass is 10.6. The summed E-state index contributed by atoms with van der Waals surface area (Å²) in [5.41, 5.74) is 0. The Morgan fingerprint density at radius 2 is 1.08 bits per heavy atom. The summed E-state index contributed by atoms with van der Waals surface area (Å²) in [5.74, 6) is 0. The van der Waals surface area contributed by atoms with Gasteiger partial charge in [-0.3, -0.25) is 0 Å². The van der Waals surface area contributed by atoms with Crippen molar-refractivity contribution in [2.45, 2.75) is 8.53 Å². The van der Waals surface area contributed by atoms with E-state index in [9.17, 15) is 0 Å². The summed E-state index contributed by atoms with van der Waals surface area (Å²) in [6, 6.07) is 0. The van der Waals surface area contributed by atoms with Gasteiger partial charge in [-0.05, 0) is 0 Å². The number of ether oxygens (including phenoxy) is 1. The van der Waals surface area contributed by atoms with Crippen LogP contribution in [0.15, 0.2) is 23.0 Å². The van der Waals surface area contributed by atoms with E-state index in [1.165, 1.54) is 0 Å². The first kappa shape index (κ1) is 14.5. The van der Waals surface area contributed by atoms with Crippen LogP contribution < -0.4 is 0 Å². The van der Waals surface area contributed by atoms with Crippen molar-refractivity contribution in [3.63, 3.8) is 0 Å². The fraction of sp³-hybridized carbons (Fsp3) is 0.333. The van der Waals surface area contributed by atoms with Crippen LogP contribution in [0, 0.1) is 0 Å². The van der Waals surface area contributed by atoms with Crippen LogP contribution in [0.5, 0.6) is 0 Å². The molecule has 0 aromatic heterocycles. The molecule has 0 bridgehead atoms. The molecule has 0 saturated heterocycles. The Bertz CT molecular complexity index is 209. The molecule has 0 aromatic rings. The van der Waals surface area contributed by atoms with Crippen molar-refractivity contribution in [2.75, 3.05) is 0 Å². The van der Waals surface area contributed by atoms with Gasteiger partial charge in [-0.15, -0.1) is 75.8 Å². The van der Waals surface area contributed by atoms with Gasteiger partial charge in [-0.25, -0.2) is 0 Å². The predicted octanol–water partition coefficient (Wildman–Crippen LogP) is 2.92. The summed E-state index contributed by atoms with van der Waals surface area (Å²) in [7, 11) is 0. The van der Waals surface area contributed by atoms with E-state index in [-0.39, 0.29) is 0 Å². The SMILES string of the molecule is C=C(S)C(S)(S)OC(S)(S)C(=C)S. The minimum atomic E-state index is -1.24. The molecule has 1 nitrogen and oxygen atoms in total. The number of hydrogen-bond acceptors (Lipinski definition) is 7. The van der Waals surface area contributed by atoms with Crippen LogP contribution in [0.1, 0.15) is 0 Å². The molecule has 7 heteroatoms. The molecule has 0 spiro atoms. The highest BCUT2D eigenvalue weighted by molar-refractivity contribution is 8.04. The van der Waals surface area contributed by atoms with Gasteiger partial charge in [0.05, 0.1) is 0 Å². The van der Waals surface area contributed by atoms with E-state index >= 15 is 0 Å². The van der Waals surface area contributed by atoms with Gasteiger partial charge >= 0.3 is 0 Å². The number of rotatable bonds is 4. The molecule has 0 atom stereocenters. The summed E-state index contributed by atoms with van der Waals surface area (Å²) in [4.78, 5) is 0.641. The third kappa shape index (κ3) is 4.72. The maximum Gasteiger partial charge on any atom is 0.189 e. The van der Waals surface area contributed by atoms with Crippen LogP contribution in [0.2, 0.25) is 0 Å². The van der Waals surface area contributed by atoms with Gasteiger partial charge in [0.25, 0.3) is 0 Å². The van der Waals surface area contributed by atoms with Crippen molar-refractivity contribution in [3.8, 4) is 0 Å². The minimum Gasteiger partial charge on any atom is -0.320 e. The summed E-state index contributed by atoms with van der Waals surface area (Å²) < 4.78 is 2.78. The Kier molecular flexibility index (Phi) is 5.64. The minimum absolute atomic E-state index is 0.321. The molecule has 0 aliphatic rings. The van der Waals surface area contributed by atoms with Crippen molar-refractivity contribution < 1.29 is 4.74 Å². The molecular formula is C6H10OS6. The van der Waals surface area contributed by atoms with Gasteiger partial charge < -0.3 is 4.74 Å². The third-order valence-electron chi connectivity index (χ3n) is 1.04. The van der Waals surface area contributed by atoms with Gasteiger partial charge in [0.15, 0.2) is 8.53 Å². The second-order valence-electron chi connectivity index (χ2n) is 2.21. The molecular weight excluding hydrogens is 280 g/mol. The smallest absolute Gasteiger partial charge is 0.189 e. The predicted molar refractivity (Wildman–Crippen MR) is 78.7 cm³/mol. The van der Waals surface area contributed by atoms with E-state index in [1.54, 1.807) is 0 Å². The van der Waals surface area contributed by atoms with Gasteiger partial charge in [0.2, 0.25) is 0 Å². The Morgan fingerprint density at radius 3 is 1.23 bits per heavy atom. The lowest BCUT2D eigenvalue weighted by Gasteiger charge is -2.32. The first-order valence-corrected chi connectivity index (χ1v) is 5.64. The number of hydrogen-bond donors (Lipinski definition) is 6. The molecule has 0 radical (unpaired) electrons. The zero-order valence-electron chi connectivity index (χ0n) is 6.51. The standard InChI is InChI=1S/C6H10OS6/c1-3(8)5(10,11)7-6(12,13)4(2)9/h8-13H,1-2H2. The molecule has 0 N–H and O–H groups in total. The van der Waals surface area contributed by atoms with E-state index in [1.807, 2.05) is 0 Å². The maximum atomic E-state index is 5.25. The van der Waals surface area contributed by atoms with E-state index in [0.29, 0.717) is 9.81 Å². The van der Waals surface area contributed by atoms with Crippen LogP contribution in [0.25, 0.3) is 0 Å². The second kappa shape index (κ2) is 5.05. The Balaban J connectivity index is 4.61. The van der Waals surface area contributed by atoms with Crippen LogP contribution >= 0.6 is 75.8 Å². The van der Waals surface area contributed by atoms with E-state index < -0.39 is 8.53 Å². The van der Waals surface area contributed by atoms with E-state index in [0.717, 1.165) is 0 Å². The summed E-state index contributed by atoms with van der Waals surface area (Å²) in [5, 5.41) is 0. The van der Waals surface area contributed by atoms with Gasteiger partial charge in [0.1, 0.15) is 0 Å². The van der Waals surface area contributed by atoms with Crippen molar-refractivity contribution >= 4 is 75.8 Å². The summed E-state index contributed by atoms with van der Waals surface area (Å²) in [6.45, 7) is 7.07. The maximum absolute atomic E-state index is 5.25. The summed E-state index contributed by atoms with van der Waals surface area (Å²) >= 11 is 24.2. The van der Waals surface area contributed by atoms with Crippen molar-refractivity contribution in [2.24, 2.45) is 0 Å². The van der Waals surface area contributed by atoms with Crippen LogP contribution in [0.4, 0.5) is 0 Å². The van der Waals surface area contributed by atoms with Gasteiger partial charge in [-0.2, -0.15) is 0 Å². The lowest BCUT2D eigenvalue weighted by Crippen LogP contribution is -2.30. The highest BCUT2D eigenvalue weighted by Crippen LogP contribution is 2.42. The molecule has 0 aromatic carbocycles. The van der Waals surface area contributed by atoms with Gasteiger partial charge in [-0.1, -0.05) is 13.2 Å². The molecule has 0 aliphatic heterocycles. The Hall–Kier alpha value is 1.54. The average Bonchev–Trinajstić information content (AvgIpc) is 1.83. The fourth-order valence-electron chi connectivity index (χ4n) is 0.316. The summed E-state index contributed by atoms with van der Waals surface area (Å²) in [6.07, 6.45) is 0. The normalized spacial score (nSPS) is 12.8. The molecule has 0 amide bonds. The molecule has 0 saturated carbocycles. The molecule has 0 heterocycles. The van der Waals surface area contributed by atoms with Gasteiger partial charge in [0, 0.05) is 9.81 Å². The largest absolute Gasteiger partial charge is 0.320 e. The van der Waals surface area contributed by atoms with E-state index in [2.05, 4.69) is 88.9 Å². The van der Waals surface area contributed by atoms with Crippen LogP contribution in [-0.2, 0) is 4.74 Å². The Morgan fingerprint density at radius 1 is 0.846 bits per heavy atom. The highest BCUT2D eigenvalue weighted by Gasteiger charge is 2.35. The molecule has 0 rings (SSSR count). The topological polar surface area (TPSA) is 9.23 Å². The van der Waals surface area contributed by atoms with Crippen LogP contribution in [-0.4, -0.2) is 8.53 Å². The zero-order chi connectivity index (χ0) is 10.9. The first-order chi connectivity index (χ1) is 5.59. The Labute approximate surface area is 111 Å². The quantitative estimate of drug-likeness (QED) is 0.345. The first-order valence-electron chi connectivity index (χ1n) is 2.96. The average molecular weight is 291 g/mol. The highest BCUT2D eigenvalue weighted by atomic mass is 32.2. The number of thiol groups is 6. The van der Waals surface area contributed by atoms with Crippen molar-refractivity contribution in [1.82, 2.24) is 0 Å². The fourth-order valence-corrected chi connectivity index (χ4v) is 1.24. The molecule has 13 heavy (non-hydrogen) atoms. The zero-order valence-corrected chi connectivity index (χ0v) is 11.9. The third-order valence-corrected chi connectivity index (χ3v) is 3.82. The molecule has 0 unspecified atom stereocenters. The molecule has 76 valence electrons. The van der Waals surface area contributed by atoms with E-state index in [4.69, 9.17) is 4.74 Å². The van der Waals surface area contributed by atoms with Crippen molar-refractivity contribution in [1.29, 1.82) is 0 Å². The van der Waals surface area contributed by atoms with Crippen molar-refractivity contribution in [3.05, 3.63) is 23.0 Å². The van der Waals surface area contributed by atoms with Crippen LogP contribution in [0.3, 0.4) is 0 Å². The molecule has 0 aliphatic carbocycles. The lowest BCUT2D eigenvalue weighted by molar-refractivity contribution is 0.105. The molecule has 0 fully saturated rings. The monoisotopic (exact) mass is 290 g/mol.